The molecular formula is C29H33N3O4. The number of aliphatic carboxylic acids is 1. The van der Waals surface area contributed by atoms with Gasteiger partial charge in [0.25, 0.3) is 5.91 Å². The molecule has 0 aliphatic carbocycles. The maximum absolute atomic E-state index is 13.5. The number of aryl methyl sites for hydroxylation is 1. The average molecular weight is 488 g/mol. The van der Waals surface area contributed by atoms with Gasteiger partial charge in [-0.1, -0.05) is 61.4 Å². The third-order valence-corrected chi connectivity index (χ3v) is 6.72. The molecule has 0 aromatic heterocycles. The average Bonchev–Trinajstić information content (AvgIpc) is 2.97. The highest BCUT2D eigenvalue weighted by atomic mass is 16.4. The molecule has 0 atom stereocenters. The number of hydrogen-bond acceptors (Lipinski definition) is 4. The number of carboxylic acids is 1. The standard InChI is InChI=1S/C29H33N3O4/c30-16-6-2-1-3-8-21-13-14-26-25(18-21)29(36)31(17-15-28(34)35)20-27(33)32(26)19-23-11-7-10-22-9-4-5-12-24(22)23/h4-5,7,9-14,18H,1-3,6,8,15-17,19-20,30H2,(H,34,35). The van der Waals surface area contributed by atoms with Crippen LogP contribution in [-0.4, -0.2) is 47.4 Å². The first-order chi connectivity index (χ1) is 17.5. The van der Waals surface area contributed by atoms with E-state index in [1.807, 2.05) is 60.7 Å². The second kappa shape index (κ2) is 11.8. The third-order valence-electron chi connectivity index (χ3n) is 6.72. The Morgan fingerprint density at radius 3 is 2.53 bits per heavy atom. The maximum atomic E-state index is 13.5. The van der Waals surface area contributed by atoms with Gasteiger partial charge in [-0.15, -0.1) is 0 Å². The van der Waals surface area contributed by atoms with Crippen molar-refractivity contribution >= 4 is 34.2 Å². The van der Waals surface area contributed by atoms with Gasteiger partial charge in [0.1, 0.15) is 6.54 Å². The Kier molecular flexibility index (Phi) is 8.33. The molecule has 3 N–H and O–H groups in total. The Morgan fingerprint density at radius 1 is 0.944 bits per heavy atom. The van der Waals surface area contributed by atoms with E-state index in [2.05, 4.69) is 0 Å². The molecule has 1 heterocycles. The van der Waals surface area contributed by atoms with E-state index in [9.17, 15) is 19.5 Å². The molecule has 36 heavy (non-hydrogen) atoms. The molecule has 0 fully saturated rings. The summed E-state index contributed by atoms with van der Waals surface area (Å²) in [5.74, 6) is -1.53. The molecule has 0 radical (unpaired) electrons. The normalized spacial score (nSPS) is 13.7. The second-order valence-electron chi connectivity index (χ2n) is 9.29. The molecule has 3 aromatic rings. The lowest BCUT2D eigenvalue weighted by molar-refractivity contribution is -0.137. The second-order valence-corrected chi connectivity index (χ2v) is 9.29. The first kappa shape index (κ1) is 25.4. The fourth-order valence-corrected chi connectivity index (χ4v) is 4.78. The molecule has 2 amide bonds. The van der Waals surface area contributed by atoms with Crippen LogP contribution >= 0.6 is 0 Å². The summed E-state index contributed by atoms with van der Waals surface area (Å²) < 4.78 is 0. The van der Waals surface area contributed by atoms with Crippen LogP contribution in [0.2, 0.25) is 0 Å². The summed E-state index contributed by atoms with van der Waals surface area (Å²) in [4.78, 5) is 41.2. The van der Waals surface area contributed by atoms with Crippen LogP contribution in [0.4, 0.5) is 5.69 Å². The first-order valence-electron chi connectivity index (χ1n) is 12.6. The Hall–Kier alpha value is -3.71. The lowest BCUT2D eigenvalue weighted by atomic mass is 10.0. The maximum Gasteiger partial charge on any atom is 0.305 e. The number of anilines is 1. The van der Waals surface area contributed by atoms with Gasteiger partial charge in [-0.3, -0.25) is 14.4 Å². The van der Waals surface area contributed by atoms with Crippen molar-refractivity contribution in [3.63, 3.8) is 0 Å². The number of benzene rings is 3. The molecular weight excluding hydrogens is 454 g/mol. The largest absolute Gasteiger partial charge is 0.481 e. The van der Waals surface area contributed by atoms with Crippen molar-refractivity contribution in [1.29, 1.82) is 0 Å². The number of nitrogens with two attached hydrogens (primary N) is 1. The predicted molar refractivity (Wildman–Crippen MR) is 141 cm³/mol. The highest BCUT2D eigenvalue weighted by Gasteiger charge is 2.32. The molecule has 4 rings (SSSR count). The van der Waals surface area contributed by atoms with Gasteiger partial charge < -0.3 is 20.6 Å². The van der Waals surface area contributed by atoms with E-state index in [-0.39, 0.29) is 31.3 Å². The topological polar surface area (TPSA) is 104 Å². The summed E-state index contributed by atoms with van der Waals surface area (Å²) in [6.45, 7) is 0.858. The lowest BCUT2D eigenvalue weighted by Crippen LogP contribution is -2.40. The monoisotopic (exact) mass is 487 g/mol. The van der Waals surface area contributed by atoms with Gasteiger partial charge in [-0.25, -0.2) is 0 Å². The minimum Gasteiger partial charge on any atom is -0.481 e. The number of carbonyl (C=O) groups is 3. The predicted octanol–water partition coefficient (Wildman–Crippen LogP) is 4.37. The molecule has 0 spiro atoms. The molecule has 188 valence electrons. The summed E-state index contributed by atoms with van der Waals surface area (Å²) in [6, 6.07) is 19.8. The van der Waals surface area contributed by atoms with Crippen LogP contribution in [0.5, 0.6) is 0 Å². The number of fused-ring (bicyclic) bond motifs is 2. The van der Waals surface area contributed by atoms with Crippen LogP contribution in [0.15, 0.2) is 60.7 Å². The number of carbonyl (C=O) groups excluding carboxylic acids is 2. The van der Waals surface area contributed by atoms with Crippen molar-refractivity contribution in [2.45, 2.75) is 45.1 Å². The van der Waals surface area contributed by atoms with Crippen LogP contribution in [-0.2, 0) is 22.6 Å². The SMILES string of the molecule is NCCCCCCc1ccc2c(c1)C(=O)N(CCC(=O)O)CC(=O)N2Cc1cccc2ccccc12. The Labute approximate surface area is 211 Å². The highest BCUT2D eigenvalue weighted by Crippen LogP contribution is 2.30. The summed E-state index contributed by atoms with van der Waals surface area (Å²) in [7, 11) is 0. The Morgan fingerprint density at radius 2 is 1.72 bits per heavy atom. The molecule has 0 unspecified atom stereocenters. The molecule has 0 saturated carbocycles. The molecule has 3 aromatic carbocycles. The minimum atomic E-state index is -1.00. The number of rotatable bonds is 11. The van der Waals surface area contributed by atoms with Crippen LogP contribution in [0.1, 0.15) is 53.6 Å². The van der Waals surface area contributed by atoms with Gasteiger partial charge >= 0.3 is 5.97 Å². The van der Waals surface area contributed by atoms with Gasteiger partial charge in [0.05, 0.1) is 24.2 Å². The van der Waals surface area contributed by atoms with E-state index < -0.39 is 5.97 Å². The van der Waals surface area contributed by atoms with Gasteiger partial charge in [-0.2, -0.15) is 0 Å². The number of unbranched alkanes of at least 4 members (excludes halogenated alkanes) is 3. The smallest absolute Gasteiger partial charge is 0.305 e. The van der Waals surface area contributed by atoms with Crippen LogP contribution in [0.3, 0.4) is 0 Å². The van der Waals surface area contributed by atoms with Crippen molar-refractivity contribution in [2.24, 2.45) is 5.73 Å². The van der Waals surface area contributed by atoms with E-state index in [1.54, 1.807) is 4.90 Å². The van der Waals surface area contributed by atoms with Gasteiger partial charge in [0.2, 0.25) is 5.91 Å². The molecule has 1 aliphatic rings. The van der Waals surface area contributed by atoms with Crippen LogP contribution in [0.25, 0.3) is 10.8 Å². The fraction of sp³-hybridized carbons (Fsp3) is 0.345. The van der Waals surface area contributed by atoms with Gasteiger partial charge in [-0.05, 0) is 59.8 Å². The molecule has 0 bridgehead atoms. The van der Waals surface area contributed by atoms with E-state index in [0.717, 1.165) is 54.0 Å². The lowest BCUT2D eigenvalue weighted by Gasteiger charge is -2.24. The number of hydrogen-bond donors (Lipinski definition) is 2. The third kappa shape index (κ3) is 5.91. The minimum absolute atomic E-state index is 0.00916. The van der Waals surface area contributed by atoms with E-state index in [1.165, 1.54) is 4.90 Å². The zero-order valence-electron chi connectivity index (χ0n) is 20.5. The van der Waals surface area contributed by atoms with Gasteiger partial charge in [0, 0.05) is 6.54 Å². The van der Waals surface area contributed by atoms with Crippen molar-refractivity contribution in [1.82, 2.24) is 4.90 Å². The van der Waals surface area contributed by atoms with E-state index >= 15 is 0 Å². The number of nitrogens with zero attached hydrogens (tertiary/aromatic N) is 2. The van der Waals surface area contributed by atoms with Crippen LogP contribution < -0.4 is 10.6 Å². The van der Waals surface area contributed by atoms with Crippen LogP contribution in [0, 0.1) is 0 Å². The number of carboxylic acid groups (broad SMARTS) is 1. The zero-order valence-corrected chi connectivity index (χ0v) is 20.5. The summed E-state index contributed by atoms with van der Waals surface area (Å²) in [6.07, 6.45) is 4.77. The summed E-state index contributed by atoms with van der Waals surface area (Å²) in [5.41, 5.74) is 8.63. The van der Waals surface area contributed by atoms with E-state index in [4.69, 9.17) is 5.73 Å². The summed E-state index contributed by atoms with van der Waals surface area (Å²) in [5, 5.41) is 11.3. The number of amides is 2. The molecule has 7 nitrogen and oxygen atoms in total. The molecule has 0 saturated heterocycles. The Balaban J connectivity index is 1.67. The van der Waals surface area contributed by atoms with Crippen molar-refractivity contribution < 1.29 is 19.5 Å². The highest BCUT2D eigenvalue weighted by molar-refractivity contribution is 6.10. The Bertz CT molecular complexity index is 1250. The van der Waals surface area contributed by atoms with Gasteiger partial charge in [0.15, 0.2) is 0 Å². The fourth-order valence-electron chi connectivity index (χ4n) is 4.78. The molecule has 7 heteroatoms. The van der Waals surface area contributed by atoms with Crippen molar-refractivity contribution in [2.75, 3.05) is 24.5 Å². The van der Waals surface area contributed by atoms with Crippen molar-refractivity contribution in [3.8, 4) is 0 Å². The quantitative estimate of drug-likeness (QED) is 0.391. The molecule has 1 aliphatic heterocycles. The zero-order chi connectivity index (χ0) is 25.5. The van der Waals surface area contributed by atoms with Crippen molar-refractivity contribution in [3.05, 3.63) is 77.4 Å². The first-order valence-corrected chi connectivity index (χ1v) is 12.6. The summed E-state index contributed by atoms with van der Waals surface area (Å²) >= 11 is 0. The van der Waals surface area contributed by atoms with E-state index in [0.29, 0.717) is 24.3 Å².